The summed E-state index contributed by atoms with van der Waals surface area (Å²) in [4.78, 5) is 18.8. The van der Waals surface area contributed by atoms with Gasteiger partial charge in [-0.2, -0.15) is 4.31 Å². The topological polar surface area (TPSA) is 70.6 Å². The number of carbonyl (C=O) groups is 1. The van der Waals surface area contributed by atoms with Crippen LogP contribution < -0.4 is 0 Å². The average Bonchev–Trinajstić information content (AvgIpc) is 2.67. The molecular formula is C18H27N3O3S2. The molecule has 0 radical (unpaired) electrons. The highest BCUT2D eigenvalue weighted by Crippen LogP contribution is 2.23. The van der Waals surface area contributed by atoms with Gasteiger partial charge in [0.2, 0.25) is 15.9 Å². The fourth-order valence-electron chi connectivity index (χ4n) is 3.55. The third-order valence-corrected chi connectivity index (χ3v) is 7.94. The summed E-state index contributed by atoms with van der Waals surface area (Å²) in [6.07, 6.45) is 7.66. The molecule has 26 heavy (non-hydrogen) atoms. The van der Waals surface area contributed by atoms with Gasteiger partial charge in [-0.25, -0.2) is 13.4 Å². The second-order valence-corrected chi connectivity index (χ2v) is 9.95. The molecule has 0 spiro atoms. The summed E-state index contributed by atoms with van der Waals surface area (Å²) in [7, 11) is -3.45. The number of thioether (sulfide) groups is 1. The van der Waals surface area contributed by atoms with Crippen molar-refractivity contribution in [1.82, 2.24) is 14.2 Å². The number of likely N-dealkylation sites (tertiary alicyclic amines) is 1. The SMILES string of the molecule is C[C@@H]1CCCCN1C(=O)CSc1ccc(S(=O)(=O)N2CCCCC2)cn1. The minimum absolute atomic E-state index is 0.133. The highest BCUT2D eigenvalue weighted by molar-refractivity contribution is 7.99. The number of piperidine rings is 2. The lowest BCUT2D eigenvalue weighted by molar-refractivity contribution is -0.131. The van der Waals surface area contributed by atoms with Crippen molar-refractivity contribution in [3.05, 3.63) is 18.3 Å². The normalized spacial score (nSPS) is 22.3. The van der Waals surface area contributed by atoms with Crippen molar-refractivity contribution >= 4 is 27.7 Å². The second kappa shape index (κ2) is 8.71. The van der Waals surface area contributed by atoms with Crippen molar-refractivity contribution in [2.75, 3.05) is 25.4 Å². The number of rotatable bonds is 5. The van der Waals surface area contributed by atoms with Crippen LogP contribution >= 0.6 is 11.8 Å². The number of hydrogen-bond acceptors (Lipinski definition) is 5. The van der Waals surface area contributed by atoms with E-state index in [2.05, 4.69) is 11.9 Å². The molecule has 0 aliphatic carbocycles. The average molecular weight is 398 g/mol. The van der Waals surface area contributed by atoms with Crippen LogP contribution in [0.25, 0.3) is 0 Å². The van der Waals surface area contributed by atoms with Crippen LogP contribution in [-0.2, 0) is 14.8 Å². The van der Waals surface area contributed by atoms with E-state index in [0.29, 0.717) is 29.9 Å². The number of nitrogens with zero attached hydrogens (tertiary/aromatic N) is 3. The van der Waals surface area contributed by atoms with E-state index < -0.39 is 10.0 Å². The first-order valence-electron chi connectivity index (χ1n) is 9.37. The Morgan fingerprint density at radius 1 is 1.15 bits per heavy atom. The van der Waals surface area contributed by atoms with Crippen molar-refractivity contribution in [3.8, 4) is 0 Å². The second-order valence-electron chi connectivity index (χ2n) is 7.02. The zero-order valence-corrected chi connectivity index (χ0v) is 16.9. The van der Waals surface area contributed by atoms with Gasteiger partial charge in [0.25, 0.3) is 0 Å². The van der Waals surface area contributed by atoms with Crippen molar-refractivity contribution in [3.63, 3.8) is 0 Å². The van der Waals surface area contributed by atoms with Gasteiger partial charge in [0.1, 0.15) is 4.90 Å². The maximum Gasteiger partial charge on any atom is 0.244 e. The molecule has 3 heterocycles. The molecule has 2 fully saturated rings. The number of amides is 1. The lowest BCUT2D eigenvalue weighted by atomic mass is 10.0. The summed E-state index contributed by atoms with van der Waals surface area (Å²) < 4.78 is 26.8. The van der Waals surface area contributed by atoms with Crippen molar-refractivity contribution in [2.24, 2.45) is 0 Å². The summed E-state index contributed by atoms with van der Waals surface area (Å²) in [5.74, 6) is 0.476. The molecule has 8 heteroatoms. The van der Waals surface area contributed by atoms with Gasteiger partial charge in [-0.05, 0) is 51.2 Å². The quantitative estimate of drug-likeness (QED) is 0.715. The molecule has 3 rings (SSSR count). The van der Waals surface area contributed by atoms with E-state index in [0.717, 1.165) is 38.6 Å². The van der Waals surface area contributed by atoms with E-state index >= 15 is 0 Å². The highest BCUT2D eigenvalue weighted by atomic mass is 32.2. The van der Waals surface area contributed by atoms with Crippen LogP contribution in [-0.4, -0.2) is 59.9 Å². The van der Waals surface area contributed by atoms with Crippen LogP contribution in [0.1, 0.15) is 45.4 Å². The van der Waals surface area contributed by atoms with Gasteiger partial charge in [0, 0.05) is 31.9 Å². The third-order valence-electron chi connectivity index (χ3n) is 5.13. The highest BCUT2D eigenvalue weighted by Gasteiger charge is 2.26. The largest absolute Gasteiger partial charge is 0.339 e. The van der Waals surface area contributed by atoms with Crippen molar-refractivity contribution in [1.29, 1.82) is 0 Å². The summed E-state index contributed by atoms with van der Waals surface area (Å²) in [5.41, 5.74) is 0. The van der Waals surface area contributed by atoms with Gasteiger partial charge in [-0.15, -0.1) is 0 Å². The van der Waals surface area contributed by atoms with Gasteiger partial charge >= 0.3 is 0 Å². The minimum Gasteiger partial charge on any atom is -0.339 e. The Bertz CT molecular complexity index is 716. The number of pyridine rings is 1. The Kier molecular flexibility index (Phi) is 6.58. The number of carbonyl (C=O) groups excluding carboxylic acids is 1. The Morgan fingerprint density at radius 3 is 2.54 bits per heavy atom. The van der Waals surface area contributed by atoms with E-state index in [1.165, 1.54) is 24.4 Å². The lowest BCUT2D eigenvalue weighted by Crippen LogP contribution is -2.42. The minimum atomic E-state index is -3.45. The van der Waals surface area contributed by atoms with E-state index in [-0.39, 0.29) is 10.8 Å². The molecule has 2 saturated heterocycles. The third kappa shape index (κ3) is 4.58. The first kappa shape index (κ1) is 19.6. The van der Waals surface area contributed by atoms with Crippen LogP contribution in [0.15, 0.2) is 28.3 Å². The van der Waals surface area contributed by atoms with E-state index in [1.54, 1.807) is 16.4 Å². The Hall–Kier alpha value is -1.12. The van der Waals surface area contributed by atoms with E-state index in [4.69, 9.17) is 0 Å². The number of aromatic nitrogens is 1. The first-order valence-corrected chi connectivity index (χ1v) is 11.8. The molecule has 1 aromatic heterocycles. The molecule has 0 bridgehead atoms. The van der Waals surface area contributed by atoms with Gasteiger partial charge in [-0.3, -0.25) is 4.79 Å². The van der Waals surface area contributed by atoms with Crippen LogP contribution in [0.4, 0.5) is 0 Å². The van der Waals surface area contributed by atoms with Gasteiger partial charge < -0.3 is 4.90 Å². The zero-order chi connectivity index (χ0) is 18.6. The van der Waals surface area contributed by atoms with E-state index in [1.807, 2.05) is 4.90 Å². The Balaban J connectivity index is 1.58. The Morgan fingerprint density at radius 2 is 1.88 bits per heavy atom. The number of sulfonamides is 1. The first-order chi connectivity index (χ1) is 12.5. The van der Waals surface area contributed by atoms with Gasteiger partial charge in [0.05, 0.1) is 10.8 Å². The summed E-state index contributed by atoms with van der Waals surface area (Å²) in [5, 5.41) is 0.681. The molecule has 2 aliphatic heterocycles. The summed E-state index contributed by atoms with van der Waals surface area (Å²) in [6.45, 7) is 4.10. The number of hydrogen-bond donors (Lipinski definition) is 0. The molecule has 1 atom stereocenters. The van der Waals surface area contributed by atoms with Crippen molar-refractivity contribution < 1.29 is 13.2 Å². The molecule has 0 aromatic carbocycles. The molecule has 0 unspecified atom stereocenters. The predicted octanol–water partition coefficient (Wildman–Crippen LogP) is 2.75. The molecule has 1 aromatic rings. The van der Waals surface area contributed by atoms with Crippen molar-refractivity contribution in [2.45, 2.75) is 61.4 Å². The summed E-state index contributed by atoms with van der Waals surface area (Å²) >= 11 is 1.37. The smallest absolute Gasteiger partial charge is 0.244 e. The van der Waals surface area contributed by atoms with E-state index in [9.17, 15) is 13.2 Å². The summed E-state index contributed by atoms with van der Waals surface area (Å²) in [6, 6.07) is 3.61. The standard InChI is InChI=1S/C18H27N3O3S2/c1-15-7-3-6-12-21(15)18(22)14-25-17-9-8-16(13-19-17)26(23,24)20-10-4-2-5-11-20/h8-9,13,15H,2-7,10-12,14H2,1H3/t15-/m1/s1. The van der Waals surface area contributed by atoms with Crippen LogP contribution in [0.3, 0.4) is 0 Å². The fourth-order valence-corrected chi connectivity index (χ4v) is 5.74. The van der Waals surface area contributed by atoms with Crippen LogP contribution in [0, 0.1) is 0 Å². The van der Waals surface area contributed by atoms with Gasteiger partial charge in [-0.1, -0.05) is 18.2 Å². The van der Waals surface area contributed by atoms with Crippen LogP contribution in [0.2, 0.25) is 0 Å². The Labute approximate surface area is 160 Å². The molecule has 0 N–H and O–H groups in total. The molecule has 144 valence electrons. The lowest BCUT2D eigenvalue weighted by Gasteiger charge is -2.33. The maximum atomic E-state index is 12.6. The molecule has 6 nitrogen and oxygen atoms in total. The van der Waals surface area contributed by atoms with Gasteiger partial charge in [0.15, 0.2) is 0 Å². The molecule has 1 amide bonds. The fraction of sp³-hybridized carbons (Fsp3) is 0.667. The monoisotopic (exact) mass is 397 g/mol. The molecular weight excluding hydrogens is 370 g/mol. The van der Waals surface area contributed by atoms with Crippen LogP contribution in [0.5, 0.6) is 0 Å². The zero-order valence-electron chi connectivity index (χ0n) is 15.3. The molecule has 2 aliphatic rings. The molecule has 0 saturated carbocycles. The maximum absolute atomic E-state index is 12.6. The predicted molar refractivity (Wildman–Crippen MR) is 103 cm³/mol.